The Kier molecular flexibility index (Phi) is 5.28. The number of aryl methyl sites for hydroxylation is 2. The molecular formula is C25H24N4S. The van der Waals surface area contributed by atoms with Crippen molar-refractivity contribution in [3.8, 4) is 11.3 Å². The Bertz CT molecular complexity index is 1190. The highest BCUT2D eigenvalue weighted by Crippen LogP contribution is 2.32. The molecule has 5 heteroatoms. The lowest BCUT2D eigenvalue weighted by atomic mass is 10.1. The number of hydrogen-bond acceptors (Lipinski definition) is 4. The van der Waals surface area contributed by atoms with E-state index >= 15 is 0 Å². The fourth-order valence-corrected chi connectivity index (χ4v) is 4.81. The molecule has 0 N–H and O–H groups in total. The van der Waals surface area contributed by atoms with Crippen LogP contribution in [0.5, 0.6) is 0 Å². The Morgan fingerprint density at radius 3 is 2.77 bits per heavy atom. The Labute approximate surface area is 181 Å². The molecule has 0 fully saturated rings. The third kappa shape index (κ3) is 3.85. The van der Waals surface area contributed by atoms with E-state index < -0.39 is 0 Å². The van der Waals surface area contributed by atoms with Crippen LogP contribution in [0.4, 0.5) is 0 Å². The molecule has 0 saturated carbocycles. The zero-order chi connectivity index (χ0) is 20.3. The number of rotatable bonds is 4. The second-order valence-electron chi connectivity index (χ2n) is 7.78. The summed E-state index contributed by atoms with van der Waals surface area (Å²) in [6.07, 6.45) is 6.81. The summed E-state index contributed by atoms with van der Waals surface area (Å²) >= 11 is 1.67. The molecule has 5 rings (SSSR count). The number of benzene rings is 2. The van der Waals surface area contributed by atoms with E-state index in [2.05, 4.69) is 81.7 Å². The summed E-state index contributed by atoms with van der Waals surface area (Å²) in [6, 6.07) is 18.9. The highest BCUT2D eigenvalue weighted by Gasteiger charge is 2.21. The molecule has 0 radical (unpaired) electrons. The van der Waals surface area contributed by atoms with E-state index in [0.717, 1.165) is 52.0 Å². The van der Waals surface area contributed by atoms with Crippen molar-refractivity contribution in [2.75, 3.05) is 0 Å². The fourth-order valence-electron chi connectivity index (χ4n) is 3.97. The maximum atomic E-state index is 5.00. The third-order valence-corrected chi connectivity index (χ3v) is 6.38. The second kappa shape index (κ2) is 8.36. The van der Waals surface area contributed by atoms with Gasteiger partial charge >= 0.3 is 0 Å². The second-order valence-corrected chi connectivity index (χ2v) is 8.64. The van der Waals surface area contributed by atoms with E-state index in [1.807, 2.05) is 6.07 Å². The molecule has 0 atom stereocenters. The SMILES string of the molecule is Cc1cccc(C=C(c2nc(-c3ccccc3)cs2)c2nnc3n2CCCCC3)c1. The van der Waals surface area contributed by atoms with Crippen LogP contribution in [0.2, 0.25) is 0 Å². The first kappa shape index (κ1) is 18.9. The Morgan fingerprint density at radius 2 is 1.90 bits per heavy atom. The zero-order valence-corrected chi connectivity index (χ0v) is 17.9. The average Bonchev–Trinajstić information content (AvgIpc) is 3.35. The van der Waals surface area contributed by atoms with Crippen LogP contribution in [-0.4, -0.2) is 19.7 Å². The molecule has 0 bridgehead atoms. The third-order valence-electron chi connectivity index (χ3n) is 5.51. The van der Waals surface area contributed by atoms with E-state index in [9.17, 15) is 0 Å². The molecule has 3 heterocycles. The van der Waals surface area contributed by atoms with Gasteiger partial charge in [-0.2, -0.15) is 0 Å². The number of nitrogens with zero attached hydrogens (tertiary/aromatic N) is 4. The number of aromatic nitrogens is 4. The van der Waals surface area contributed by atoms with Crippen molar-refractivity contribution in [1.29, 1.82) is 0 Å². The van der Waals surface area contributed by atoms with Crippen molar-refractivity contribution >= 4 is 23.0 Å². The van der Waals surface area contributed by atoms with E-state index in [-0.39, 0.29) is 0 Å². The molecule has 1 aliphatic rings. The van der Waals surface area contributed by atoms with E-state index in [1.54, 1.807) is 11.3 Å². The lowest BCUT2D eigenvalue weighted by Gasteiger charge is -2.09. The molecular weight excluding hydrogens is 388 g/mol. The number of thiazole rings is 1. The molecule has 30 heavy (non-hydrogen) atoms. The zero-order valence-electron chi connectivity index (χ0n) is 17.1. The van der Waals surface area contributed by atoms with Gasteiger partial charge in [0, 0.05) is 23.9 Å². The summed E-state index contributed by atoms with van der Waals surface area (Å²) in [4.78, 5) is 5.00. The number of fused-ring (bicyclic) bond motifs is 1. The number of hydrogen-bond donors (Lipinski definition) is 0. The lowest BCUT2D eigenvalue weighted by Crippen LogP contribution is -2.06. The minimum Gasteiger partial charge on any atom is -0.311 e. The molecule has 0 spiro atoms. The van der Waals surface area contributed by atoms with Crippen LogP contribution in [0.3, 0.4) is 0 Å². The van der Waals surface area contributed by atoms with E-state index in [4.69, 9.17) is 4.98 Å². The van der Waals surface area contributed by atoms with Gasteiger partial charge < -0.3 is 4.57 Å². The van der Waals surface area contributed by atoms with Crippen molar-refractivity contribution in [2.45, 2.75) is 39.2 Å². The van der Waals surface area contributed by atoms with Crippen LogP contribution in [-0.2, 0) is 13.0 Å². The Balaban J connectivity index is 1.63. The van der Waals surface area contributed by atoms with Gasteiger partial charge in [-0.15, -0.1) is 21.5 Å². The van der Waals surface area contributed by atoms with Gasteiger partial charge in [0.2, 0.25) is 0 Å². The molecule has 1 aliphatic heterocycles. The Morgan fingerprint density at radius 1 is 1.00 bits per heavy atom. The van der Waals surface area contributed by atoms with Gasteiger partial charge in [0.1, 0.15) is 10.8 Å². The van der Waals surface area contributed by atoms with Crippen molar-refractivity contribution in [2.24, 2.45) is 0 Å². The molecule has 2 aromatic heterocycles. The highest BCUT2D eigenvalue weighted by molar-refractivity contribution is 7.11. The predicted octanol–water partition coefficient (Wildman–Crippen LogP) is 6.03. The molecule has 2 aromatic carbocycles. The minimum absolute atomic E-state index is 0.933. The van der Waals surface area contributed by atoms with E-state index in [1.165, 1.54) is 24.8 Å². The summed E-state index contributed by atoms with van der Waals surface area (Å²) in [6.45, 7) is 3.09. The monoisotopic (exact) mass is 412 g/mol. The van der Waals surface area contributed by atoms with Crippen molar-refractivity contribution in [3.63, 3.8) is 0 Å². The molecule has 0 saturated heterocycles. The minimum atomic E-state index is 0.933. The Hall–Kier alpha value is -3.05. The molecule has 4 aromatic rings. The van der Waals surface area contributed by atoms with Crippen LogP contribution in [0.25, 0.3) is 22.9 Å². The average molecular weight is 413 g/mol. The maximum absolute atomic E-state index is 5.00. The smallest absolute Gasteiger partial charge is 0.167 e. The summed E-state index contributed by atoms with van der Waals surface area (Å²) in [7, 11) is 0. The summed E-state index contributed by atoms with van der Waals surface area (Å²) < 4.78 is 2.30. The molecule has 0 amide bonds. The largest absolute Gasteiger partial charge is 0.311 e. The van der Waals surface area contributed by atoms with Gasteiger partial charge in [-0.3, -0.25) is 0 Å². The van der Waals surface area contributed by atoms with E-state index in [0.29, 0.717) is 0 Å². The molecule has 150 valence electrons. The summed E-state index contributed by atoms with van der Waals surface area (Å²) in [5.74, 6) is 2.03. The summed E-state index contributed by atoms with van der Waals surface area (Å²) in [5, 5.41) is 12.3. The van der Waals surface area contributed by atoms with Gasteiger partial charge in [-0.05, 0) is 31.4 Å². The predicted molar refractivity (Wildman–Crippen MR) is 123 cm³/mol. The van der Waals surface area contributed by atoms with Gasteiger partial charge in [0.15, 0.2) is 5.82 Å². The lowest BCUT2D eigenvalue weighted by molar-refractivity contribution is 0.627. The van der Waals surface area contributed by atoms with Crippen LogP contribution < -0.4 is 0 Å². The normalized spacial score (nSPS) is 14.4. The van der Waals surface area contributed by atoms with Crippen molar-refractivity contribution in [1.82, 2.24) is 19.7 Å². The highest BCUT2D eigenvalue weighted by atomic mass is 32.1. The van der Waals surface area contributed by atoms with Crippen LogP contribution in [0.15, 0.2) is 60.0 Å². The summed E-state index contributed by atoms with van der Waals surface area (Å²) in [5.41, 5.74) is 5.59. The first-order valence-corrected chi connectivity index (χ1v) is 11.4. The maximum Gasteiger partial charge on any atom is 0.167 e. The van der Waals surface area contributed by atoms with Gasteiger partial charge in [-0.1, -0.05) is 66.6 Å². The molecule has 0 unspecified atom stereocenters. The van der Waals surface area contributed by atoms with Crippen molar-refractivity contribution in [3.05, 3.63) is 87.8 Å². The van der Waals surface area contributed by atoms with Crippen LogP contribution in [0.1, 0.15) is 47.0 Å². The van der Waals surface area contributed by atoms with Crippen LogP contribution >= 0.6 is 11.3 Å². The van der Waals surface area contributed by atoms with Gasteiger partial charge in [-0.25, -0.2) is 4.98 Å². The fraction of sp³-hybridized carbons (Fsp3) is 0.240. The van der Waals surface area contributed by atoms with Gasteiger partial charge in [0.25, 0.3) is 0 Å². The van der Waals surface area contributed by atoms with Gasteiger partial charge in [0.05, 0.1) is 11.3 Å². The first-order valence-electron chi connectivity index (χ1n) is 10.5. The quantitative estimate of drug-likeness (QED) is 0.411. The van der Waals surface area contributed by atoms with Crippen molar-refractivity contribution < 1.29 is 0 Å². The molecule has 0 aliphatic carbocycles. The topological polar surface area (TPSA) is 43.6 Å². The first-order chi connectivity index (χ1) is 14.8. The standard InChI is InChI=1S/C25H24N4S/c1-18-9-8-10-19(15-18)16-21(24-28-27-23-13-6-3-7-14-29(23)24)25-26-22(17-30-25)20-11-4-2-5-12-20/h2,4-5,8-12,15-17H,3,6-7,13-14H2,1H3. The van der Waals surface area contributed by atoms with Crippen LogP contribution in [0, 0.1) is 6.92 Å². The molecule has 4 nitrogen and oxygen atoms in total.